The highest BCUT2D eigenvalue weighted by atomic mass is 32.2. The van der Waals surface area contributed by atoms with Crippen LogP contribution in [0.1, 0.15) is 45.1 Å². The molecular weight excluding hydrogens is 284 g/mol. The van der Waals surface area contributed by atoms with E-state index in [4.69, 9.17) is 5.73 Å². The van der Waals surface area contributed by atoms with Gasteiger partial charge in [-0.05, 0) is 29.9 Å². The summed E-state index contributed by atoms with van der Waals surface area (Å²) < 4.78 is 26.8. The lowest BCUT2D eigenvalue weighted by atomic mass is 9.75. The maximum Gasteiger partial charge on any atom is 0.218 e. The normalized spacial score (nSPS) is 19.5. The Labute approximate surface area is 128 Å². The highest BCUT2D eigenvalue weighted by Gasteiger charge is 2.35. The fraction of sp³-hybridized carbons (Fsp3) is 0.625. The lowest BCUT2D eigenvalue weighted by molar-refractivity contribution is 0.141. The van der Waals surface area contributed by atoms with E-state index in [-0.39, 0.29) is 5.75 Å². The number of para-hydroxylation sites is 1. The molecule has 5 heteroatoms. The largest absolute Gasteiger partial charge is 0.398 e. The van der Waals surface area contributed by atoms with Crippen molar-refractivity contribution < 1.29 is 8.42 Å². The van der Waals surface area contributed by atoms with Crippen molar-refractivity contribution in [3.05, 3.63) is 29.8 Å². The van der Waals surface area contributed by atoms with Crippen molar-refractivity contribution >= 4 is 15.7 Å². The zero-order valence-electron chi connectivity index (χ0n) is 13.0. The van der Waals surface area contributed by atoms with Gasteiger partial charge in [-0.2, -0.15) is 0 Å². The molecule has 0 amide bonds. The van der Waals surface area contributed by atoms with Crippen LogP contribution in [0.25, 0.3) is 0 Å². The van der Waals surface area contributed by atoms with Gasteiger partial charge in [-0.25, -0.2) is 12.7 Å². The van der Waals surface area contributed by atoms with Gasteiger partial charge in [0.05, 0.1) is 5.75 Å². The van der Waals surface area contributed by atoms with Gasteiger partial charge in [-0.1, -0.05) is 44.9 Å². The van der Waals surface area contributed by atoms with Crippen molar-refractivity contribution in [1.82, 2.24) is 4.31 Å². The summed E-state index contributed by atoms with van der Waals surface area (Å²) in [4.78, 5) is 0. The Balaban J connectivity index is 2.07. The summed E-state index contributed by atoms with van der Waals surface area (Å²) in [6, 6.07) is 7.19. The molecule has 0 spiro atoms. The van der Waals surface area contributed by atoms with Crippen LogP contribution in [0.2, 0.25) is 0 Å². The minimum atomic E-state index is -3.27. The second-order valence-corrected chi connectivity index (χ2v) is 8.03. The van der Waals surface area contributed by atoms with Crippen molar-refractivity contribution in [1.29, 1.82) is 0 Å². The van der Waals surface area contributed by atoms with Crippen LogP contribution in [0.4, 0.5) is 5.69 Å². The maximum atomic E-state index is 12.6. The summed E-state index contributed by atoms with van der Waals surface area (Å²) >= 11 is 0. The van der Waals surface area contributed by atoms with Gasteiger partial charge in [0.2, 0.25) is 10.0 Å². The number of nitrogen functional groups attached to an aromatic ring is 1. The number of rotatable bonds is 5. The van der Waals surface area contributed by atoms with Gasteiger partial charge in [0.25, 0.3) is 0 Å². The molecule has 0 bridgehead atoms. The van der Waals surface area contributed by atoms with E-state index in [0.29, 0.717) is 29.8 Å². The van der Waals surface area contributed by atoms with Gasteiger partial charge >= 0.3 is 0 Å². The van der Waals surface area contributed by atoms with Gasteiger partial charge in [0, 0.05) is 18.8 Å². The molecule has 0 aromatic heterocycles. The van der Waals surface area contributed by atoms with Crippen LogP contribution in [-0.2, 0) is 15.8 Å². The summed E-state index contributed by atoms with van der Waals surface area (Å²) in [6.45, 7) is 5.68. The predicted molar refractivity (Wildman–Crippen MR) is 87.3 cm³/mol. The first-order valence-corrected chi connectivity index (χ1v) is 9.34. The smallest absolute Gasteiger partial charge is 0.218 e. The standard InChI is InChI=1S/C16H26N2O2S/c1-3-16(4-2)9-11-18(12-10-16)21(19,20)13-14-7-5-6-8-15(14)17/h5-8H,3-4,9-13,17H2,1-2H3. The van der Waals surface area contributed by atoms with Crippen molar-refractivity contribution in [2.45, 2.75) is 45.3 Å². The second kappa shape index (κ2) is 6.36. The average Bonchev–Trinajstić information content (AvgIpc) is 2.49. The van der Waals surface area contributed by atoms with Crippen LogP contribution in [0.15, 0.2) is 24.3 Å². The first-order chi connectivity index (χ1) is 9.92. The van der Waals surface area contributed by atoms with Crippen LogP contribution in [0.5, 0.6) is 0 Å². The van der Waals surface area contributed by atoms with Gasteiger partial charge in [-0.15, -0.1) is 0 Å². The molecule has 1 aliphatic heterocycles. The lowest BCUT2D eigenvalue weighted by Gasteiger charge is -2.40. The Kier molecular flexibility index (Phi) is 4.94. The third-order valence-electron chi connectivity index (χ3n) is 5.07. The molecule has 2 N–H and O–H groups in total. The van der Waals surface area contributed by atoms with E-state index in [1.165, 1.54) is 0 Å². The Bertz CT molecular complexity index is 570. The number of anilines is 1. The molecule has 0 radical (unpaired) electrons. The van der Waals surface area contributed by atoms with E-state index in [1.54, 1.807) is 16.4 Å². The monoisotopic (exact) mass is 310 g/mol. The average molecular weight is 310 g/mol. The minimum absolute atomic E-state index is 0.00488. The third kappa shape index (κ3) is 3.58. The summed E-state index contributed by atoms with van der Waals surface area (Å²) in [6.07, 6.45) is 4.18. The topological polar surface area (TPSA) is 63.4 Å². The van der Waals surface area contributed by atoms with Crippen LogP contribution < -0.4 is 5.73 Å². The molecule has 2 rings (SSSR count). The molecule has 0 unspecified atom stereocenters. The number of sulfonamides is 1. The second-order valence-electron chi connectivity index (χ2n) is 6.06. The highest BCUT2D eigenvalue weighted by Crippen LogP contribution is 2.38. The molecule has 21 heavy (non-hydrogen) atoms. The molecule has 1 aliphatic rings. The number of nitrogens with two attached hydrogens (primary N) is 1. The fourth-order valence-corrected chi connectivity index (χ4v) is 4.73. The van der Waals surface area contributed by atoms with E-state index < -0.39 is 10.0 Å². The summed E-state index contributed by atoms with van der Waals surface area (Å²) in [5.74, 6) is 0.00488. The Morgan fingerprint density at radius 2 is 1.71 bits per heavy atom. The Hall–Kier alpha value is -1.07. The molecule has 118 valence electrons. The van der Waals surface area contributed by atoms with Gasteiger partial charge < -0.3 is 5.73 Å². The van der Waals surface area contributed by atoms with E-state index in [2.05, 4.69) is 13.8 Å². The molecule has 1 aromatic rings. The minimum Gasteiger partial charge on any atom is -0.398 e. The highest BCUT2D eigenvalue weighted by molar-refractivity contribution is 7.88. The van der Waals surface area contributed by atoms with E-state index in [0.717, 1.165) is 25.7 Å². The van der Waals surface area contributed by atoms with Crippen LogP contribution >= 0.6 is 0 Å². The molecule has 4 nitrogen and oxygen atoms in total. The van der Waals surface area contributed by atoms with Crippen molar-refractivity contribution in [3.63, 3.8) is 0 Å². The lowest BCUT2D eigenvalue weighted by Crippen LogP contribution is -2.43. The maximum absolute atomic E-state index is 12.6. The summed E-state index contributed by atoms with van der Waals surface area (Å²) in [5, 5.41) is 0. The molecule has 0 saturated carbocycles. The molecule has 1 heterocycles. The first-order valence-electron chi connectivity index (χ1n) is 7.74. The fourth-order valence-electron chi connectivity index (χ4n) is 3.15. The number of nitrogens with zero attached hydrogens (tertiary/aromatic N) is 1. The van der Waals surface area contributed by atoms with Crippen molar-refractivity contribution in [2.75, 3.05) is 18.8 Å². The molecule has 1 saturated heterocycles. The number of benzene rings is 1. The third-order valence-corrected chi connectivity index (χ3v) is 6.90. The molecule has 1 aromatic carbocycles. The zero-order chi connectivity index (χ0) is 15.5. The number of piperidine rings is 1. The molecule has 0 aliphatic carbocycles. The van der Waals surface area contributed by atoms with Crippen molar-refractivity contribution in [2.24, 2.45) is 5.41 Å². The summed E-state index contributed by atoms with van der Waals surface area (Å²) in [5.41, 5.74) is 7.44. The predicted octanol–water partition coefficient (Wildman–Crippen LogP) is 3.00. The van der Waals surface area contributed by atoms with Crippen molar-refractivity contribution in [3.8, 4) is 0 Å². The van der Waals surface area contributed by atoms with Gasteiger partial charge in [-0.3, -0.25) is 0 Å². The molecule has 0 atom stereocenters. The van der Waals surface area contributed by atoms with Crippen LogP contribution in [0, 0.1) is 5.41 Å². The Morgan fingerprint density at radius 3 is 2.24 bits per heavy atom. The first kappa shape index (κ1) is 16.3. The zero-order valence-corrected chi connectivity index (χ0v) is 13.8. The number of hydrogen-bond acceptors (Lipinski definition) is 3. The van der Waals surface area contributed by atoms with Crippen LogP contribution in [0.3, 0.4) is 0 Å². The summed E-state index contributed by atoms with van der Waals surface area (Å²) in [7, 11) is -3.27. The van der Waals surface area contributed by atoms with E-state index >= 15 is 0 Å². The van der Waals surface area contributed by atoms with E-state index in [9.17, 15) is 8.42 Å². The van der Waals surface area contributed by atoms with Gasteiger partial charge in [0.1, 0.15) is 0 Å². The molecule has 1 fully saturated rings. The Morgan fingerprint density at radius 1 is 1.14 bits per heavy atom. The van der Waals surface area contributed by atoms with Crippen LogP contribution in [-0.4, -0.2) is 25.8 Å². The van der Waals surface area contributed by atoms with Gasteiger partial charge in [0.15, 0.2) is 0 Å². The van der Waals surface area contributed by atoms with E-state index in [1.807, 2.05) is 12.1 Å². The molecular formula is C16H26N2O2S. The quantitative estimate of drug-likeness (QED) is 0.850. The number of hydrogen-bond donors (Lipinski definition) is 1. The SMILES string of the molecule is CCC1(CC)CCN(S(=O)(=O)Cc2ccccc2N)CC1.